The predicted octanol–water partition coefficient (Wildman–Crippen LogP) is 1.91. The predicted molar refractivity (Wildman–Crippen MR) is 101 cm³/mol. The van der Waals surface area contributed by atoms with E-state index in [0.717, 1.165) is 25.1 Å². The summed E-state index contributed by atoms with van der Waals surface area (Å²) in [5.74, 6) is 0.447. The van der Waals surface area contributed by atoms with Gasteiger partial charge in [-0.25, -0.2) is 0 Å². The van der Waals surface area contributed by atoms with Crippen molar-refractivity contribution in [2.45, 2.75) is 26.0 Å². The van der Waals surface area contributed by atoms with Gasteiger partial charge in [0, 0.05) is 26.2 Å². The molecule has 2 aromatic carbocycles. The summed E-state index contributed by atoms with van der Waals surface area (Å²) in [6, 6.07) is 16.0. The average molecular weight is 354 g/mol. The second-order valence-corrected chi connectivity index (χ2v) is 6.82. The summed E-state index contributed by atoms with van der Waals surface area (Å²) in [5.41, 5.74) is 3.79. The zero-order chi connectivity index (χ0) is 18.4. The van der Waals surface area contributed by atoms with Crippen LogP contribution in [0.1, 0.15) is 16.7 Å². The topological polar surface area (TPSA) is 61.8 Å². The SMILES string of the molecule is Cc1cccc(OCC(=O)NCC(O)CN2CCc3ccccc3C2)c1. The van der Waals surface area contributed by atoms with Crippen molar-refractivity contribution in [2.24, 2.45) is 0 Å². The lowest BCUT2D eigenvalue weighted by atomic mass is 10.00. The van der Waals surface area contributed by atoms with E-state index in [1.54, 1.807) is 0 Å². The van der Waals surface area contributed by atoms with Crippen molar-refractivity contribution in [2.75, 3.05) is 26.2 Å². The highest BCUT2D eigenvalue weighted by molar-refractivity contribution is 5.77. The Hall–Kier alpha value is -2.37. The molecule has 0 radical (unpaired) electrons. The largest absolute Gasteiger partial charge is 0.484 e. The van der Waals surface area contributed by atoms with Crippen LogP contribution >= 0.6 is 0 Å². The molecule has 0 saturated carbocycles. The number of carbonyl (C=O) groups is 1. The van der Waals surface area contributed by atoms with Crippen molar-refractivity contribution in [1.29, 1.82) is 0 Å². The fourth-order valence-corrected chi connectivity index (χ4v) is 3.21. The van der Waals surface area contributed by atoms with E-state index in [-0.39, 0.29) is 19.1 Å². The van der Waals surface area contributed by atoms with Crippen LogP contribution < -0.4 is 10.1 Å². The van der Waals surface area contributed by atoms with Gasteiger partial charge in [-0.2, -0.15) is 0 Å². The van der Waals surface area contributed by atoms with Gasteiger partial charge in [0.2, 0.25) is 0 Å². The van der Waals surface area contributed by atoms with E-state index in [0.29, 0.717) is 12.3 Å². The van der Waals surface area contributed by atoms with Crippen molar-refractivity contribution in [1.82, 2.24) is 10.2 Å². The standard InChI is InChI=1S/C21H26N2O3/c1-16-5-4-8-20(11-16)26-15-21(25)22-12-19(24)14-23-10-9-17-6-2-3-7-18(17)13-23/h2-8,11,19,24H,9-10,12-15H2,1H3,(H,22,25). The Morgan fingerprint density at radius 2 is 2.04 bits per heavy atom. The molecule has 0 aromatic heterocycles. The summed E-state index contributed by atoms with van der Waals surface area (Å²) < 4.78 is 5.47. The number of nitrogens with one attached hydrogen (secondary N) is 1. The van der Waals surface area contributed by atoms with E-state index >= 15 is 0 Å². The number of amides is 1. The highest BCUT2D eigenvalue weighted by atomic mass is 16.5. The molecule has 2 N–H and O–H groups in total. The molecule has 1 heterocycles. The van der Waals surface area contributed by atoms with Gasteiger partial charge in [0.05, 0.1) is 6.10 Å². The molecule has 0 aliphatic carbocycles. The van der Waals surface area contributed by atoms with Crippen LogP contribution in [0.25, 0.3) is 0 Å². The minimum atomic E-state index is -0.594. The normalized spacial score (nSPS) is 15.2. The molecule has 1 atom stereocenters. The van der Waals surface area contributed by atoms with Crippen molar-refractivity contribution in [3.8, 4) is 5.75 Å². The number of aliphatic hydroxyl groups is 1. The lowest BCUT2D eigenvalue weighted by Crippen LogP contribution is -2.42. The van der Waals surface area contributed by atoms with Crippen molar-refractivity contribution >= 4 is 5.91 Å². The molecule has 1 amide bonds. The van der Waals surface area contributed by atoms with Crippen LogP contribution in [0.4, 0.5) is 0 Å². The molecule has 0 saturated heterocycles. The number of nitrogens with zero attached hydrogens (tertiary/aromatic N) is 1. The summed E-state index contributed by atoms with van der Waals surface area (Å²) in [6.07, 6.45) is 0.405. The number of benzene rings is 2. The molecule has 1 unspecified atom stereocenters. The lowest BCUT2D eigenvalue weighted by Gasteiger charge is -2.30. The number of carbonyl (C=O) groups excluding carboxylic acids is 1. The third-order valence-electron chi connectivity index (χ3n) is 4.57. The number of fused-ring (bicyclic) bond motifs is 1. The highest BCUT2D eigenvalue weighted by Crippen LogP contribution is 2.18. The van der Waals surface area contributed by atoms with E-state index in [1.807, 2.05) is 37.3 Å². The Morgan fingerprint density at radius 1 is 1.23 bits per heavy atom. The molecule has 138 valence electrons. The maximum Gasteiger partial charge on any atom is 0.258 e. The van der Waals surface area contributed by atoms with Crippen LogP contribution in [0.15, 0.2) is 48.5 Å². The molecule has 26 heavy (non-hydrogen) atoms. The molecule has 0 fully saturated rings. The maximum atomic E-state index is 11.9. The number of rotatable bonds is 7. The molecule has 3 rings (SSSR count). The fraction of sp³-hybridized carbons (Fsp3) is 0.381. The average Bonchev–Trinajstić information content (AvgIpc) is 2.65. The van der Waals surface area contributed by atoms with Crippen LogP contribution in [0.2, 0.25) is 0 Å². The summed E-state index contributed by atoms with van der Waals surface area (Å²) in [6.45, 7) is 4.48. The zero-order valence-corrected chi connectivity index (χ0v) is 15.1. The van der Waals surface area contributed by atoms with Crippen molar-refractivity contribution in [3.05, 3.63) is 65.2 Å². The molecule has 5 heteroatoms. The first-order valence-electron chi connectivity index (χ1n) is 9.03. The zero-order valence-electron chi connectivity index (χ0n) is 15.1. The third kappa shape index (κ3) is 5.31. The van der Waals surface area contributed by atoms with Gasteiger partial charge in [-0.15, -0.1) is 0 Å². The van der Waals surface area contributed by atoms with E-state index in [9.17, 15) is 9.90 Å². The molecule has 0 bridgehead atoms. The van der Waals surface area contributed by atoms with Crippen molar-refractivity contribution < 1.29 is 14.6 Å². The van der Waals surface area contributed by atoms with E-state index in [4.69, 9.17) is 4.74 Å². The van der Waals surface area contributed by atoms with Crippen LogP contribution in [-0.4, -0.2) is 48.3 Å². The molecule has 1 aliphatic heterocycles. The highest BCUT2D eigenvalue weighted by Gasteiger charge is 2.18. The van der Waals surface area contributed by atoms with Gasteiger partial charge >= 0.3 is 0 Å². The fourth-order valence-electron chi connectivity index (χ4n) is 3.21. The minimum absolute atomic E-state index is 0.0484. The first-order chi connectivity index (χ1) is 12.6. The van der Waals surface area contributed by atoms with Gasteiger partial charge in [-0.3, -0.25) is 9.69 Å². The van der Waals surface area contributed by atoms with Gasteiger partial charge in [0.25, 0.3) is 5.91 Å². The quantitative estimate of drug-likeness (QED) is 0.797. The summed E-state index contributed by atoms with van der Waals surface area (Å²) in [5, 5.41) is 13.0. The summed E-state index contributed by atoms with van der Waals surface area (Å²) in [4.78, 5) is 14.1. The van der Waals surface area contributed by atoms with Gasteiger partial charge < -0.3 is 15.2 Å². The van der Waals surface area contributed by atoms with E-state index < -0.39 is 6.10 Å². The molecule has 1 aliphatic rings. The number of aryl methyl sites for hydroxylation is 1. The Bertz CT molecular complexity index is 748. The molecule has 5 nitrogen and oxygen atoms in total. The van der Waals surface area contributed by atoms with E-state index in [1.165, 1.54) is 11.1 Å². The van der Waals surface area contributed by atoms with Crippen molar-refractivity contribution in [3.63, 3.8) is 0 Å². The molecule has 2 aromatic rings. The summed E-state index contributed by atoms with van der Waals surface area (Å²) in [7, 11) is 0. The van der Waals surface area contributed by atoms with Gasteiger partial charge in [0.1, 0.15) is 5.75 Å². The number of hydrogen-bond acceptors (Lipinski definition) is 4. The molecular weight excluding hydrogens is 328 g/mol. The molecular formula is C21H26N2O3. The first-order valence-corrected chi connectivity index (χ1v) is 9.03. The van der Waals surface area contributed by atoms with Crippen LogP contribution in [0.5, 0.6) is 5.75 Å². The smallest absolute Gasteiger partial charge is 0.258 e. The second kappa shape index (κ2) is 8.83. The monoisotopic (exact) mass is 354 g/mol. The Labute approximate surface area is 154 Å². The van der Waals surface area contributed by atoms with Crippen LogP contribution in [0, 0.1) is 6.92 Å². The Balaban J connectivity index is 1.37. The third-order valence-corrected chi connectivity index (χ3v) is 4.57. The second-order valence-electron chi connectivity index (χ2n) is 6.82. The van der Waals surface area contributed by atoms with E-state index in [2.05, 4.69) is 28.4 Å². The van der Waals surface area contributed by atoms with Gasteiger partial charge in [-0.05, 0) is 42.2 Å². The first kappa shape index (κ1) is 18.4. The molecule has 0 spiro atoms. The summed E-state index contributed by atoms with van der Waals surface area (Å²) >= 11 is 0. The van der Waals surface area contributed by atoms with Crippen LogP contribution in [0.3, 0.4) is 0 Å². The maximum absolute atomic E-state index is 11.9. The Kier molecular flexibility index (Phi) is 6.26. The van der Waals surface area contributed by atoms with Crippen LogP contribution in [-0.2, 0) is 17.8 Å². The van der Waals surface area contributed by atoms with Gasteiger partial charge in [0.15, 0.2) is 6.61 Å². The lowest BCUT2D eigenvalue weighted by molar-refractivity contribution is -0.123. The number of hydrogen-bond donors (Lipinski definition) is 2. The number of β-amino-alcohol motifs (C(OH)–C–C–N with tert-alkyl or cyclic N) is 1. The number of aliphatic hydroxyl groups excluding tert-OH is 1. The number of ether oxygens (including phenoxy) is 1. The Morgan fingerprint density at radius 3 is 2.85 bits per heavy atom. The van der Waals surface area contributed by atoms with Gasteiger partial charge in [-0.1, -0.05) is 36.4 Å². The minimum Gasteiger partial charge on any atom is -0.484 e.